The van der Waals surface area contributed by atoms with Crippen molar-refractivity contribution in [3.05, 3.63) is 0 Å². The van der Waals surface area contributed by atoms with Gasteiger partial charge < -0.3 is 10.2 Å². The fraction of sp³-hybridized carbons (Fsp3) is 0.889. The first kappa shape index (κ1) is 8.05. The molecule has 70 valence electrons. The number of carbonyl (C=O) groups is 1. The van der Waals surface area contributed by atoms with Crippen molar-refractivity contribution in [3.63, 3.8) is 0 Å². The minimum Gasteiger partial charge on any atom is -0.340 e. The molecule has 1 rings (SSSR count). The second-order valence-electron chi connectivity index (χ2n) is 4.14. The molecule has 12 heavy (non-hydrogen) atoms. The van der Waals surface area contributed by atoms with Gasteiger partial charge in [0.25, 0.3) is 0 Å². The van der Waals surface area contributed by atoms with Crippen LogP contribution in [0.3, 0.4) is 0 Å². The molecular formula is C9H18N2O. The van der Waals surface area contributed by atoms with Gasteiger partial charge in [-0.15, -0.1) is 0 Å². The van der Waals surface area contributed by atoms with Crippen molar-refractivity contribution in [1.29, 1.82) is 0 Å². The van der Waals surface area contributed by atoms with E-state index in [9.17, 15) is 4.79 Å². The number of hydrogen-bond acceptors (Lipinski definition) is 2. The molecule has 1 amide bonds. The number of nitrogens with one attached hydrogen (secondary N) is 1. The molecule has 0 aromatic carbocycles. The molecule has 1 saturated heterocycles. The van der Waals surface area contributed by atoms with E-state index in [1.165, 1.54) is 0 Å². The lowest BCUT2D eigenvalue weighted by atomic mass is 9.94. The SMILES string of the molecule is [2H]C1CNCCN1C(=O)C(C)(C)C. The van der Waals surface area contributed by atoms with Crippen LogP contribution in [0.4, 0.5) is 0 Å². The summed E-state index contributed by atoms with van der Waals surface area (Å²) in [6.07, 6.45) is 0. The lowest BCUT2D eigenvalue weighted by molar-refractivity contribution is -0.140. The van der Waals surface area contributed by atoms with E-state index in [2.05, 4.69) is 5.32 Å². The Balaban J connectivity index is 2.64. The molecule has 0 spiro atoms. The van der Waals surface area contributed by atoms with Crippen LogP contribution < -0.4 is 5.32 Å². The van der Waals surface area contributed by atoms with Gasteiger partial charge in [-0.2, -0.15) is 0 Å². The van der Waals surface area contributed by atoms with Crippen LogP contribution in [0, 0.1) is 5.41 Å². The maximum absolute atomic E-state index is 11.8. The zero-order valence-corrected chi connectivity index (χ0v) is 8.05. The quantitative estimate of drug-likeness (QED) is 0.574. The summed E-state index contributed by atoms with van der Waals surface area (Å²) in [5.74, 6) is 0.0778. The van der Waals surface area contributed by atoms with E-state index >= 15 is 0 Å². The van der Waals surface area contributed by atoms with Crippen LogP contribution in [0.1, 0.15) is 22.1 Å². The molecular weight excluding hydrogens is 152 g/mol. The van der Waals surface area contributed by atoms with Crippen molar-refractivity contribution in [2.24, 2.45) is 5.41 Å². The molecule has 1 aliphatic heterocycles. The van der Waals surface area contributed by atoms with Crippen LogP contribution in [0.2, 0.25) is 0 Å². The van der Waals surface area contributed by atoms with Crippen molar-refractivity contribution in [2.75, 3.05) is 26.2 Å². The maximum Gasteiger partial charge on any atom is 0.228 e. The van der Waals surface area contributed by atoms with E-state index in [0.29, 0.717) is 13.1 Å². The minimum atomic E-state index is -0.416. The Hall–Kier alpha value is -0.570. The van der Waals surface area contributed by atoms with Crippen molar-refractivity contribution >= 4 is 5.91 Å². The van der Waals surface area contributed by atoms with E-state index in [1.807, 2.05) is 20.8 Å². The van der Waals surface area contributed by atoms with Crippen LogP contribution >= 0.6 is 0 Å². The summed E-state index contributed by atoms with van der Waals surface area (Å²) >= 11 is 0. The second kappa shape index (κ2) is 3.44. The summed E-state index contributed by atoms with van der Waals surface area (Å²) < 4.78 is 7.68. The number of amides is 1. The average Bonchev–Trinajstić information content (AvgIpc) is 2.02. The minimum absolute atomic E-state index is 0.0778. The summed E-state index contributed by atoms with van der Waals surface area (Å²) in [6.45, 7) is 7.31. The van der Waals surface area contributed by atoms with Gasteiger partial charge in [0.1, 0.15) is 0 Å². The van der Waals surface area contributed by atoms with Gasteiger partial charge >= 0.3 is 0 Å². The monoisotopic (exact) mass is 171 g/mol. The van der Waals surface area contributed by atoms with E-state index in [1.54, 1.807) is 4.90 Å². The van der Waals surface area contributed by atoms with Crippen molar-refractivity contribution in [2.45, 2.75) is 20.8 Å². The summed E-state index contributed by atoms with van der Waals surface area (Å²) in [7, 11) is 0. The lowest BCUT2D eigenvalue weighted by Gasteiger charge is -2.32. The number of nitrogens with zero attached hydrogens (tertiary/aromatic N) is 1. The van der Waals surface area contributed by atoms with Gasteiger partial charge in [-0.3, -0.25) is 4.79 Å². The van der Waals surface area contributed by atoms with Crippen LogP contribution in [0.5, 0.6) is 0 Å². The van der Waals surface area contributed by atoms with E-state index < -0.39 is 6.52 Å². The first-order valence-electron chi connectivity index (χ1n) is 4.94. The predicted molar refractivity (Wildman–Crippen MR) is 48.9 cm³/mol. The Morgan fingerprint density at radius 2 is 2.17 bits per heavy atom. The third kappa shape index (κ3) is 2.21. The zero-order valence-electron chi connectivity index (χ0n) is 9.05. The van der Waals surface area contributed by atoms with Crippen LogP contribution in [-0.4, -0.2) is 37.0 Å². The highest BCUT2D eigenvalue weighted by Crippen LogP contribution is 2.17. The van der Waals surface area contributed by atoms with E-state index in [-0.39, 0.29) is 11.3 Å². The van der Waals surface area contributed by atoms with Gasteiger partial charge in [-0.1, -0.05) is 20.8 Å². The molecule has 0 aromatic heterocycles. The Morgan fingerprint density at radius 3 is 2.67 bits per heavy atom. The predicted octanol–water partition coefficient (Wildman–Crippen LogP) is 0.464. The molecule has 1 fully saturated rings. The average molecular weight is 171 g/mol. The smallest absolute Gasteiger partial charge is 0.228 e. The highest BCUT2D eigenvalue weighted by Gasteiger charge is 2.27. The summed E-state index contributed by atoms with van der Waals surface area (Å²) in [5.41, 5.74) is -0.364. The molecule has 3 nitrogen and oxygen atoms in total. The van der Waals surface area contributed by atoms with Crippen molar-refractivity contribution < 1.29 is 6.17 Å². The Morgan fingerprint density at radius 1 is 1.50 bits per heavy atom. The molecule has 1 unspecified atom stereocenters. The van der Waals surface area contributed by atoms with Crippen molar-refractivity contribution in [3.8, 4) is 0 Å². The van der Waals surface area contributed by atoms with Crippen LogP contribution in [-0.2, 0) is 4.79 Å². The van der Waals surface area contributed by atoms with Gasteiger partial charge in [0.05, 0.1) is 1.37 Å². The number of rotatable bonds is 0. The molecule has 1 N–H and O–H groups in total. The third-order valence-electron chi connectivity index (χ3n) is 1.89. The molecule has 0 radical (unpaired) electrons. The lowest BCUT2D eigenvalue weighted by Crippen LogP contribution is -2.49. The van der Waals surface area contributed by atoms with Gasteiger partial charge in [0, 0.05) is 31.6 Å². The fourth-order valence-electron chi connectivity index (χ4n) is 1.18. The molecule has 1 aliphatic rings. The topological polar surface area (TPSA) is 32.3 Å². The summed E-state index contributed by atoms with van der Waals surface area (Å²) in [5, 5.41) is 3.09. The fourth-order valence-corrected chi connectivity index (χ4v) is 1.18. The molecule has 1 atom stereocenters. The Bertz CT molecular complexity index is 200. The third-order valence-corrected chi connectivity index (χ3v) is 1.89. The highest BCUT2D eigenvalue weighted by atomic mass is 16.2. The molecule has 0 bridgehead atoms. The molecule has 0 aliphatic carbocycles. The largest absolute Gasteiger partial charge is 0.340 e. The molecule has 0 saturated carbocycles. The Labute approximate surface area is 75.5 Å². The highest BCUT2D eigenvalue weighted by molar-refractivity contribution is 5.81. The summed E-state index contributed by atoms with van der Waals surface area (Å²) in [6, 6.07) is 0. The van der Waals surface area contributed by atoms with Crippen molar-refractivity contribution in [1.82, 2.24) is 10.2 Å². The number of piperazine rings is 1. The maximum atomic E-state index is 11.8. The Kier molecular flexibility index (Phi) is 2.30. The van der Waals surface area contributed by atoms with Crippen LogP contribution in [0.25, 0.3) is 0 Å². The van der Waals surface area contributed by atoms with E-state index in [0.717, 1.165) is 6.54 Å². The molecule has 1 heterocycles. The molecule has 3 heteroatoms. The summed E-state index contributed by atoms with van der Waals surface area (Å²) in [4.78, 5) is 13.5. The second-order valence-corrected chi connectivity index (χ2v) is 4.14. The zero-order chi connectivity index (χ0) is 10.1. The van der Waals surface area contributed by atoms with E-state index in [4.69, 9.17) is 1.37 Å². The van der Waals surface area contributed by atoms with Gasteiger partial charge in [0.2, 0.25) is 5.91 Å². The standard InChI is InChI=1S/C9H18N2O/c1-9(2,3)8(12)11-6-4-10-5-7-11/h10H,4-7H2,1-3H3/i6D. The first-order valence-corrected chi connectivity index (χ1v) is 4.37. The van der Waals surface area contributed by atoms with Gasteiger partial charge in [0.15, 0.2) is 0 Å². The van der Waals surface area contributed by atoms with Gasteiger partial charge in [-0.25, -0.2) is 0 Å². The first-order chi connectivity index (χ1) is 5.93. The molecule has 0 aromatic rings. The number of carbonyl (C=O) groups excluding carboxylic acids is 1. The normalized spacial score (nSPS) is 26.8. The number of hydrogen-bond donors (Lipinski definition) is 1. The van der Waals surface area contributed by atoms with Crippen LogP contribution in [0.15, 0.2) is 0 Å². The van der Waals surface area contributed by atoms with Gasteiger partial charge in [-0.05, 0) is 0 Å².